The average molecular weight is 199 g/mol. The van der Waals surface area contributed by atoms with E-state index < -0.39 is 5.56 Å². The van der Waals surface area contributed by atoms with E-state index in [-0.39, 0.29) is 5.38 Å². The highest BCUT2D eigenvalue weighted by Gasteiger charge is 2.11. The number of hydrogen-bond donors (Lipinski definition) is 1. The van der Waals surface area contributed by atoms with Crippen molar-refractivity contribution in [3.05, 3.63) is 0 Å². The molecule has 0 aromatic heterocycles. The summed E-state index contributed by atoms with van der Waals surface area (Å²) in [6.45, 7) is 2.16. The van der Waals surface area contributed by atoms with Crippen LogP contribution in [0.25, 0.3) is 0 Å². The topological polar surface area (TPSA) is 20.2 Å². The normalized spacial score (nSPS) is 16.4. The van der Waals surface area contributed by atoms with Crippen LogP contribution in [-0.2, 0) is 0 Å². The third-order valence-electron chi connectivity index (χ3n) is 1.63. The zero-order chi connectivity index (χ0) is 8.69. The molecule has 0 rings (SSSR count). The first kappa shape index (κ1) is 11.5. The van der Waals surface area contributed by atoms with Crippen molar-refractivity contribution in [3.8, 4) is 0 Å². The minimum atomic E-state index is -0.890. The number of hydrogen-bond acceptors (Lipinski definition) is 1. The van der Waals surface area contributed by atoms with Gasteiger partial charge >= 0.3 is 0 Å². The fourth-order valence-electron chi connectivity index (χ4n) is 0.904. The predicted octanol–water partition coefficient (Wildman–Crippen LogP) is 3.12. The maximum atomic E-state index is 8.81. The molecule has 11 heavy (non-hydrogen) atoms. The van der Waals surface area contributed by atoms with Crippen LogP contribution in [0.1, 0.15) is 39.0 Å². The van der Waals surface area contributed by atoms with Gasteiger partial charge < -0.3 is 5.11 Å². The van der Waals surface area contributed by atoms with Gasteiger partial charge in [0.1, 0.15) is 5.56 Å². The van der Waals surface area contributed by atoms with Crippen molar-refractivity contribution in [2.24, 2.45) is 0 Å². The van der Waals surface area contributed by atoms with Gasteiger partial charge in [-0.3, -0.25) is 0 Å². The van der Waals surface area contributed by atoms with Gasteiger partial charge in [0.25, 0.3) is 0 Å². The van der Waals surface area contributed by atoms with Crippen LogP contribution >= 0.6 is 23.2 Å². The van der Waals surface area contributed by atoms with Gasteiger partial charge in [0.15, 0.2) is 0 Å². The Bertz CT molecular complexity index is 86.2. The molecule has 2 unspecified atom stereocenters. The van der Waals surface area contributed by atoms with Gasteiger partial charge in [-0.15, -0.1) is 11.6 Å². The first-order valence-electron chi connectivity index (χ1n) is 4.14. The van der Waals surface area contributed by atoms with Gasteiger partial charge in [-0.05, 0) is 6.42 Å². The molecule has 0 radical (unpaired) electrons. The fourth-order valence-corrected chi connectivity index (χ4v) is 1.18. The van der Waals surface area contributed by atoms with E-state index in [9.17, 15) is 0 Å². The zero-order valence-corrected chi connectivity index (χ0v) is 8.41. The molecule has 0 spiro atoms. The Labute approximate surface area is 78.7 Å². The molecule has 0 aliphatic heterocycles. The molecule has 0 aromatic carbocycles. The van der Waals surface area contributed by atoms with Crippen molar-refractivity contribution in [2.75, 3.05) is 0 Å². The molecule has 0 bridgehead atoms. The Hall–Kier alpha value is 0.540. The quantitative estimate of drug-likeness (QED) is 0.514. The third kappa shape index (κ3) is 6.92. The largest absolute Gasteiger partial charge is 0.376 e. The Kier molecular flexibility index (Phi) is 7.56. The molecule has 0 fully saturated rings. The minimum Gasteiger partial charge on any atom is -0.376 e. The summed E-state index contributed by atoms with van der Waals surface area (Å²) in [5.74, 6) is 0. The van der Waals surface area contributed by atoms with Gasteiger partial charge in [-0.25, -0.2) is 0 Å². The molecular weight excluding hydrogens is 183 g/mol. The van der Waals surface area contributed by atoms with Gasteiger partial charge in [0.05, 0.1) is 5.38 Å². The van der Waals surface area contributed by atoms with Gasteiger partial charge in [0, 0.05) is 0 Å². The second kappa shape index (κ2) is 7.20. The molecule has 0 saturated carbocycles. The highest BCUT2D eigenvalue weighted by molar-refractivity contribution is 6.29. The molecular formula is C8H16Cl2O. The van der Waals surface area contributed by atoms with E-state index in [2.05, 4.69) is 6.92 Å². The summed E-state index contributed by atoms with van der Waals surface area (Å²) in [5.41, 5.74) is -0.890. The van der Waals surface area contributed by atoms with E-state index in [0.29, 0.717) is 0 Å². The highest BCUT2D eigenvalue weighted by atomic mass is 35.5. The molecule has 1 N–H and O–H groups in total. The van der Waals surface area contributed by atoms with Gasteiger partial charge in [-0.2, -0.15) is 0 Å². The summed E-state index contributed by atoms with van der Waals surface area (Å²) >= 11 is 11.1. The second-order valence-electron chi connectivity index (χ2n) is 2.74. The Balaban J connectivity index is 3.10. The molecule has 0 aliphatic rings. The zero-order valence-electron chi connectivity index (χ0n) is 6.89. The number of aliphatic hydroxyl groups excluding tert-OH is 1. The predicted molar refractivity (Wildman–Crippen MR) is 50.3 cm³/mol. The van der Waals surface area contributed by atoms with E-state index in [1.54, 1.807) is 0 Å². The Morgan fingerprint density at radius 1 is 1.18 bits per heavy atom. The molecule has 2 atom stereocenters. The van der Waals surface area contributed by atoms with Crippen molar-refractivity contribution in [2.45, 2.75) is 50.0 Å². The van der Waals surface area contributed by atoms with Crippen LogP contribution in [-0.4, -0.2) is 16.0 Å². The summed E-state index contributed by atoms with van der Waals surface area (Å²) < 4.78 is 0. The average Bonchev–Trinajstić information content (AvgIpc) is 1.97. The monoisotopic (exact) mass is 198 g/mol. The molecule has 0 saturated heterocycles. The smallest absolute Gasteiger partial charge is 0.144 e. The SMILES string of the molecule is CCCCCCC(Cl)C(O)Cl. The first-order valence-corrected chi connectivity index (χ1v) is 5.02. The van der Waals surface area contributed by atoms with Gasteiger partial charge in [-0.1, -0.05) is 44.2 Å². The molecule has 0 aromatic rings. The summed E-state index contributed by atoms with van der Waals surface area (Å²) in [7, 11) is 0. The summed E-state index contributed by atoms with van der Waals surface area (Å²) in [6.07, 6.45) is 5.51. The van der Waals surface area contributed by atoms with E-state index in [4.69, 9.17) is 28.3 Å². The number of aliphatic hydroxyl groups is 1. The first-order chi connectivity index (χ1) is 5.18. The summed E-state index contributed by atoms with van der Waals surface area (Å²) in [5, 5.41) is 8.53. The van der Waals surface area contributed by atoms with Crippen LogP contribution < -0.4 is 0 Å². The van der Waals surface area contributed by atoms with E-state index in [1.807, 2.05) is 0 Å². The van der Waals surface area contributed by atoms with Crippen LogP contribution in [0, 0.1) is 0 Å². The molecule has 0 aliphatic carbocycles. The third-order valence-corrected chi connectivity index (χ3v) is 2.52. The summed E-state index contributed by atoms with van der Waals surface area (Å²) in [4.78, 5) is 0. The fraction of sp³-hybridized carbons (Fsp3) is 1.00. The lowest BCUT2D eigenvalue weighted by atomic mass is 10.1. The summed E-state index contributed by atoms with van der Waals surface area (Å²) in [6, 6.07) is 0. The lowest BCUT2D eigenvalue weighted by Gasteiger charge is -2.09. The number of rotatable bonds is 6. The Morgan fingerprint density at radius 2 is 1.82 bits per heavy atom. The van der Waals surface area contributed by atoms with Crippen LogP contribution in [0.2, 0.25) is 0 Å². The minimum absolute atomic E-state index is 0.284. The van der Waals surface area contributed by atoms with E-state index in [0.717, 1.165) is 12.8 Å². The number of unbranched alkanes of at least 4 members (excludes halogenated alkanes) is 3. The Morgan fingerprint density at radius 3 is 2.27 bits per heavy atom. The van der Waals surface area contributed by atoms with Crippen LogP contribution in [0.3, 0.4) is 0 Å². The van der Waals surface area contributed by atoms with Crippen molar-refractivity contribution >= 4 is 23.2 Å². The van der Waals surface area contributed by atoms with Gasteiger partial charge in [0.2, 0.25) is 0 Å². The van der Waals surface area contributed by atoms with Crippen LogP contribution in [0.5, 0.6) is 0 Å². The van der Waals surface area contributed by atoms with Crippen LogP contribution in [0.15, 0.2) is 0 Å². The number of alkyl halides is 2. The molecule has 0 amide bonds. The molecule has 68 valence electrons. The van der Waals surface area contributed by atoms with Crippen molar-refractivity contribution < 1.29 is 5.11 Å². The van der Waals surface area contributed by atoms with Crippen molar-refractivity contribution in [3.63, 3.8) is 0 Å². The lowest BCUT2D eigenvalue weighted by molar-refractivity contribution is 0.244. The van der Waals surface area contributed by atoms with Crippen LogP contribution in [0.4, 0.5) is 0 Å². The maximum absolute atomic E-state index is 8.81. The molecule has 1 nitrogen and oxygen atoms in total. The van der Waals surface area contributed by atoms with E-state index >= 15 is 0 Å². The lowest BCUT2D eigenvalue weighted by Crippen LogP contribution is -2.13. The van der Waals surface area contributed by atoms with E-state index in [1.165, 1.54) is 19.3 Å². The highest BCUT2D eigenvalue weighted by Crippen LogP contribution is 2.15. The molecule has 0 heterocycles. The van der Waals surface area contributed by atoms with Crippen molar-refractivity contribution in [1.29, 1.82) is 0 Å². The maximum Gasteiger partial charge on any atom is 0.144 e. The molecule has 3 heteroatoms. The second-order valence-corrected chi connectivity index (χ2v) is 3.75. The van der Waals surface area contributed by atoms with Crippen molar-refractivity contribution in [1.82, 2.24) is 0 Å². The number of halogens is 2. The standard InChI is InChI=1S/C8H16Cl2O/c1-2-3-4-5-6-7(9)8(10)11/h7-8,11H,2-6H2,1H3.